The number of imidazole rings is 1. The van der Waals surface area contributed by atoms with Gasteiger partial charge in [0.2, 0.25) is 0 Å². The van der Waals surface area contributed by atoms with Crippen molar-refractivity contribution in [1.29, 1.82) is 0 Å². The summed E-state index contributed by atoms with van der Waals surface area (Å²) in [7, 11) is 0. The van der Waals surface area contributed by atoms with Crippen LogP contribution in [-0.4, -0.2) is 74.1 Å². The molecule has 4 unspecified atom stereocenters. The zero-order valence-corrected chi connectivity index (χ0v) is 23.1. The van der Waals surface area contributed by atoms with Crippen molar-refractivity contribution in [1.82, 2.24) is 30.2 Å². The van der Waals surface area contributed by atoms with E-state index in [1.165, 1.54) is 24.8 Å². The molecule has 2 aromatic carbocycles. The first-order valence-corrected chi connectivity index (χ1v) is 13.6. The van der Waals surface area contributed by atoms with Gasteiger partial charge in [-0.05, 0) is 19.1 Å². The van der Waals surface area contributed by atoms with Gasteiger partial charge >= 0.3 is 18.0 Å². The SMILES string of the molecule is CCNC(=O)Nc1ncnc2c1ncn2C1OC(CNC(=O)Nc2c(F)cccc2C(=O)O)C2O[C@H](c3ccccc3)OC21. The van der Waals surface area contributed by atoms with Gasteiger partial charge in [-0.1, -0.05) is 36.4 Å². The van der Waals surface area contributed by atoms with Gasteiger partial charge in [0.05, 0.1) is 17.6 Å². The van der Waals surface area contributed by atoms with Crippen molar-refractivity contribution in [2.45, 2.75) is 37.8 Å². The summed E-state index contributed by atoms with van der Waals surface area (Å²) in [6, 6.07) is 11.4. The highest BCUT2D eigenvalue weighted by Gasteiger charge is 2.54. The number of carbonyl (C=O) groups excluding carboxylic acids is 2. The Hall–Kier alpha value is -5.19. The van der Waals surface area contributed by atoms with Gasteiger partial charge in [0.15, 0.2) is 29.5 Å². The van der Waals surface area contributed by atoms with Crippen LogP contribution in [0.5, 0.6) is 0 Å². The van der Waals surface area contributed by atoms with Gasteiger partial charge in [0.1, 0.15) is 30.5 Å². The quantitative estimate of drug-likeness (QED) is 0.199. The molecule has 16 heteroatoms. The second kappa shape index (κ2) is 12.2. The molecule has 4 aromatic rings. The number of carboxylic acid groups (broad SMARTS) is 1. The third-order valence-corrected chi connectivity index (χ3v) is 7.07. The number of aromatic nitrogens is 4. The van der Waals surface area contributed by atoms with Gasteiger partial charge < -0.3 is 35.3 Å². The van der Waals surface area contributed by atoms with Gasteiger partial charge in [-0.3, -0.25) is 9.88 Å². The number of anilines is 2. The van der Waals surface area contributed by atoms with Crippen molar-refractivity contribution in [3.05, 3.63) is 78.1 Å². The number of rotatable bonds is 8. The number of halogens is 1. The van der Waals surface area contributed by atoms with E-state index in [1.807, 2.05) is 30.3 Å². The molecule has 0 radical (unpaired) electrons. The Morgan fingerprint density at radius 3 is 2.48 bits per heavy atom. The highest BCUT2D eigenvalue weighted by molar-refractivity contribution is 6.00. The molecule has 2 fully saturated rings. The van der Waals surface area contributed by atoms with Gasteiger partial charge in [-0.15, -0.1) is 0 Å². The van der Waals surface area contributed by atoms with Crippen molar-refractivity contribution in [2.75, 3.05) is 23.7 Å². The molecule has 2 saturated heterocycles. The monoisotopic (exact) mass is 606 g/mol. The smallest absolute Gasteiger partial charge is 0.337 e. The Kier molecular flexibility index (Phi) is 8.01. The van der Waals surface area contributed by atoms with Crippen LogP contribution in [0.1, 0.15) is 35.4 Å². The van der Waals surface area contributed by atoms with Gasteiger partial charge in [0.25, 0.3) is 0 Å². The number of amides is 4. The van der Waals surface area contributed by atoms with Crippen LogP contribution in [0.4, 0.5) is 25.5 Å². The minimum atomic E-state index is -1.39. The standard InChI is InChI=1S/C28H27FN8O7/c1-2-30-27(40)36-22-19-23(33-12-32-22)37(13-34-19)24-21-20(43-26(44-21)14-7-4-3-5-8-14)17(42-24)11-31-28(41)35-18-15(25(38)39)9-6-10-16(18)29/h3-10,12-13,17,20-21,24,26H,2,11H2,1H3,(H,38,39)(H2,31,35,41)(H2,30,32,33,36,40)/t17?,20?,21?,24?,26-/m0/s1. The maximum atomic E-state index is 14.4. The van der Waals surface area contributed by atoms with E-state index in [0.29, 0.717) is 17.7 Å². The third kappa shape index (κ3) is 5.60. The van der Waals surface area contributed by atoms with Gasteiger partial charge in [0, 0.05) is 18.7 Å². The summed E-state index contributed by atoms with van der Waals surface area (Å²) < 4.78 is 34.9. The summed E-state index contributed by atoms with van der Waals surface area (Å²) in [5, 5.41) is 19.5. The number of para-hydroxylation sites is 1. The molecule has 228 valence electrons. The van der Waals surface area contributed by atoms with E-state index in [9.17, 15) is 23.9 Å². The number of hydrogen-bond acceptors (Lipinski definition) is 9. The van der Waals surface area contributed by atoms with E-state index in [4.69, 9.17) is 14.2 Å². The van der Waals surface area contributed by atoms with E-state index in [-0.39, 0.29) is 12.4 Å². The average molecular weight is 607 g/mol. The first-order valence-electron chi connectivity index (χ1n) is 13.6. The van der Waals surface area contributed by atoms with E-state index in [0.717, 1.165) is 11.6 Å². The predicted octanol–water partition coefficient (Wildman–Crippen LogP) is 3.01. The third-order valence-electron chi connectivity index (χ3n) is 7.07. The number of nitrogens with zero attached hydrogens (tertiary/aromatic N) is 4. The minimum absolute atomic E-state index is 0.100. The van der Waals surface area contributed by atoms with Crippen molar-refractivity contribution in [3.8, 4) is 0 Å². The number of ether oxygens (including phenoxy) is 3. The Bertz CT molecular complexity index is 1700. The van der Waals surface area contributed by atoms with E-state index in [1.54, 1.807) is 11.5 Å². The van der Waals surface area contributed by atoms with Crippen molar-refractivity contribution in [2.24, 2.45) is 0 Å². The lowest BCUT2D eigenvalue weighted by molar-refractivity contribution is -0.146. The summed E-state index contributed by atoms with van der Waals surface area (Å²) in [6.45, 7) is 2.10. The highest BCUT2D eigenvalue weighted by Crippen LogP contribution is 2.44. The van der Waals surface area contributed by atoms with Gasteiger partial charge in [-0.2, -0.15) is 0 Å². The number of hydrogen-bond donors (Lipinski definition) is 5. The molecular formula is C28H27FN8O7. The Balaban J connectivity index is 1.24. The fourth-order valence-electron chi connectivity index (χ4n) is 5.11. The maximum Gasteiger partial charge on any atom is 0.337 e. The number of benzene rings is 2. The number of nitrogens with one attached hydrogen (secondary N) is 4. The Morgan fingerprint density at radius 2 is 1.70 bits per heavy atom. The zero-order valence-electron chi connectivity index (χ0n) is 23.1. The molecular weight excluding hydrogens is 579 g/mol. The van der Waals surface area contributed by atoms with Gasteiger partial charge in [-0.25, -0.2) is 33.7 Å². The molecule has 4 heterocycles. The maximum absolute atomic E-state index is 14.4. The molecule has 0 spiro atoms. The fraction of sp³-hybridized carbons (Fsp3) is 0.286. The normalized spacial score (nSPS) is 22.4. The molecule has 0 aliphatic carbocycles. The molecule has 5 N–H and O–H groups in total. The lowest BCUT2D eigenvalue weighted by Crippen LogP contribution is -2.41. The second-order valence-corrected chi connectivity index (χ2v) is 9.84. The first kappa shape index (κ1) is 28.9. The van der Waals surface area contributed by atoms with Crippen LogP contribution in [0.2, 0.25) is 0 Å². The number of carboxylic acids is 1. The summed E-state index contributed by atoms with van der Waals surface area (Å²) in [5.74, 6) is -2.09. The summed E-state index contributed by atoms with van der Waals surface area (Å²) in [6.07, 6.45) is -0.873. The molecule has 5 atom stereocenters. The second-order valence-electron chi connectivity index (χ2n) is 9.84. The fourth-order valence-corrected chi connectivity index (χ4v) is 5.11. The predicted molar refractivity (Wildman–Crippen MR) is 151 cm³/mol. The Labute approximate surface area is 248 Å². The van der Waals surface area contributed by atoms with Crippen molar-refractivity contribution >= 4 is 40.7 Å². The van der Waals surface area contributed by atoms with Crippen LogP contribution in [0.3, 0.4) is 0 Å². The molecule has 6 rings (SSSR count). The van der Waals surface area contributed by atoms with Crippen LogP contribution in [0.25, 0.3) is 11.2 Å². The minimum Gasteiger partial charge on any atom is -0.478 e. The first-order chi connectivity index (χ1) is 21.3. The van der Waals surface area contributed by atoms with Crippen LogP contribution in [0, 0.1) is 5.82 Å². The number of fused-ring (bicyclic) bond motifs is 2. The number of urea groups is 2. The molecule has 15 nitrogen and oxygen atoms in total. The summed E-state index contributed by atoms with van der Waals surface area (Å²) in [5.41, 5.74) is 0.585. The highest BCUT2D eigenvalue weighted by atomic mass is 19.1. The molecule has 4 amide bonds. The lowest BCUT2D eigenvalue weighted by atomic mass is 10.1. The average Bonchev–Trinajstić information content (AvgIpc) is 3.72. The largest absolute Gasteiger partial charge is 0.478 e. The molecule has 2 aliphatic heterocycles. The summed E-state index contributed by atoms with van der Waals surface area (Å²) >= 11 is 0. The van der Waals surface area contributed by atoms with Crippen molar-refractivity contribution < 1.29 is 38.1 Å². The van der Waals surface area contributed by atoms with Crippen LogP contribution in [-0.2, 0) is 14.2 Å². The molecule has 2 aromatic heterocycles. The molecule has 0 bridgehead atoms. The Morgan fingerprint density at radius 1 is 0.932 bits per heavy atom. The van der Waals surface area contributed by atoms with Crippen molar-refractivity contribution in [3.63, 3.8) is 0 Å². The summed E-state index contributed by atoms with van der Waals surface area (Å²) in [4.78, 5) is 49.3. The number of carbonyl (C=O) groups is 3. The van der Waals surface area contributed by atoms with E-state index < -0.39 is 65.9 Å². The number of aromatic carboxylic acids is 1. The molecule has 0 saturated carbocycles. The topological polar surface area (TPSA) is 191 Å². The van der Waals surface area contributed by atoms with Crippen LogP contribution in [0.15, 0.2) is 61.2 Å². The molecule has 44 heavy (non-hydrogen) atoms. The molecule has 2 aliphatic rings. The zero-order chi connectivity index (χ0) is 30.8. The van der Waals surface area contributed by atoms with Crippen LogP contribution < -0.4 is 21.3 Å². The van der Waals surface area contributed by atoms with E-state index in [2.05, 4.69) is 36.2 Å². The van der Waals surface area contributed by atoms with E-state index >= 15 is 0 Å². The lowest BCUT2D eigenvalue weighted by Gasteiger charge is -2.22. The van der Waals surface area contributed by atoms with Crippen LogP contribution >= 0.6 is 0 Å².